The highest BCUT2D eigenvalue weighted by molar-refractivity contribution is 7.92. The molecule has 0 unspecified atom stereocenters. The second kappa shape index (κ2) is 7.68. The summed E-state index contributed by atoms with van der Waals surface area (Å²) in [6.45, 7) is 0. The number of para-hydroxylation sites is 1. The smallest absolute Gasteiger partial charge is 0.279 e. The molecule has 0 saturated heterocycles. The molecule has 0 bridgehead atoms. The van der Waals surface area contributed by atoms with E-state index in [1.807, 2.05) is 0 Å². The molecule has 27 heavy (non-hydrogen) atoms. The molecule has 8 nitrogen and oxygen atoms in total. The van der Waals surface area contributed by atoms with Gasteiger partial charge in [-0.3, -0.25) is 14.6 Å². The molecule has 0 aliphatic carbocycles. The van der Waals surface area contributed by atoms with Crippen molar-refractivity contribution in [3.05, 3.63) is 65.3 Å². The number of halogens is 1. The normalized spacial score (nSPS) is 11.0. The van der Waals surface area contributed by atoms with Gasteiger partial charge in [-0.2, -0.15) is 13.5 Å². The molecule has 0 saturated carbocycles. The molecule has 0 fully saturated rings. The Morgan fingerprint density at radius 3 is 2.56 bits per heavy atom. The Morgan fingerprint density at radius 2 is 1.89 bits per heavy atom. The fraction of sp³-hybridized carbons (Fsp3) is 0.0588. The summed E-state index contributed by atoms with van der Waals surface area (Å²) < 4.78 is 32.6. The van der Waals surface area contributed by atoms with E-state index in [1.54, 1.807) is 42.5 Å². The van der Waals surface area contributed by atoms with Gasteiger partial charge in [-0.25, -0.2) is 0 Å². The first-order valence-corrected chi connectivity index (χ1v) is 9.53. The van der Waals surface area contributed by atoms with E-state index >= 15 is 0 Å². The average molecular weight is 407 g/mol. The predicted molar refractivity (Wildman–Crippen MR) is 102 cm³/mol. The van der Waals surface area contributed by atoms with Crippen LogP contribution in [0.1, 0.15) is 10.4 Å². The molecule has 1 aromatic heterocycles. The van der Waals surface area contributed by atoms with Gasteiger partial charge < -0.3 is 10.1 Å². The minimum atomic E-state index is -4.03. The maximum absolute atomic E-state index is 12.6. The number of rotatable bonds is 6. The zero-order valence-electron chi connectivity index (χ0n) is 14.1. The first kappa shape index (κ1) is 18.7. The van der Waals surface area contributed by atoms with Gasteiger partial charge in [0.2, 0.25) is 0 Å². The number of carbonyl (C=O) groups excluding carboxylic acids is 1. The molecule has 2 aromatic carbocycles. The van der Waals surface area contributed by atoms with E-state index in [0.29, 0.717) is 22.1 Å². The number of aromatic amines is 1. The average Bonchev–Trinajstić information content (AvgIpc) is 3.13. The Balaban J connectivity index is 1.83. The Morgan fingerprint density at radius 1 is 1.15 bits per heavy atom. The lowest BCUT2D eigenvalue weighted by atomic mass is 10.2. The van der Waals surface area contributed by atoms with Gasteiger partial charge in [-0.05, 0) is 30.3 Å². The van der Waals surface area contributed by atoms with Crippen LogP contribution in [-0.2, 0) is 10.0 Å². The molecule has 3 N–H and O–H groups in total. The zero-order chi connectivity index (χ0) is 19.4. The number of anilines is 2. The summed E-state index contributed by atoms with van der Waals surface area (Å²) in [5.41, 5.74) is 0.608. The highest BCUT2D eigenvalue weighted by Crippen LogP contribution is 2.27. The molecule has 0 radical (unpaired) electrons. The van der Waals surface area contributed by atoms with Crippen LogP contribution in [0.4, 0.5) is 11.4 Å². The van der Waals surface area contributed by atoms with Crippen molar-refractivity contribution in [2.75, 3.05) is 17.1 Å². The van der Waals surface area contributed by atoms with Crippen LogP contribution in [0.5, 0.6) is 5.75 Å². The maximum Gasteiger partial charge on any atom is 0.279 e. The zero-order valence-corrected chi connectivity index (χ0v) is 15.6. The van der Waals surface area contributed by atoms with E-state index in [2.05, 4.69) is 20.2 Å². The van der Waals surface area contributed by atoms with Crippen molar-refractivity contribution in [1.29, 1.82) is 0 Å². The van der Waals surface area contributed by atoms with Crippen LogP contribution >= 0.6 is 11.6 Å². The second-order valence-electron chi connectivity index (χ2n) is 5.39. The number of nitrogens with zero attached hydrogens (tertiary/aromatic N) is 1. The number of aromatic nitrogens is 2. The summed E-state index contributed by atoms with van der Waals surface area (Å²) in [6, 6.07) is 13.0. The first-order chi connectivity index (χ1) is 12.9. The van der Waals surface area contributed by atoms with E-state index in [-0.39, 0.29) is 10.6 Å². The van der Waals surface area contributed by atoms with Gasteiger partial charge in [0, 0.05) is 11.4 Å². The van der Waals surface area contributed by atoms with Gasteiger partial charge in [0.15, 0.2) is 5.03 Å². The van der Waals surface area contributed by atoms with Gasteiger partial charge in [-0.1, -0.05) is 29.8 Å². The van der Waals surface area contributed by atoms with Crippen LogP contribution in [0.2, 0.25) is 5.02 Å². The molecule has 0 aliphatic rings. The number of H-pyrrole nitrogens is 1. The molecule has 140 valence electrons. The lowest BCUT2D eigenvalue weighted by molar-refractivity contribution is 0.102. The minimum absolute atomic E-state index is 0.134. The number of hydrogen-bond acceptors (Lipinski definition) is 5. The summed E-state index contributed by atoms with van der Waals surface area (Å²) in [4.78, 5) is 12.5. The highest BCUT2D eigenvalue weighted by atomic mass is 35.5. The predicted octanol–water partition coefficient (Wildman–Crippen LogP) is 3.12. The van der Waals surface area contributed by atoms with Crippen LogP contribution < -0.4 is 14.8 Å². The molecule has 0 aliphatic heterocycles. The van der Waals surface area contributed by atoms with E-state index in [9.17, 15) is 13.2 Å². The fourth-order valence-corrected chi connectivity index (χ4v) is 3.71. The number of methoxy groups -OCH3 is 1. The van der Waals surface area contributed by atoms with Crippen molar-refractivity contribution in [3.8, 4) is 5.75 Å². The molecule has 0 spiro atoms. The summed E-state index contributed by atoms with van der Waals surface area (Å²) in [6.07, 6.45) is 1.14. The van der Waals surface area contributed by atoms with Gasteiger partial charge >= 0.3 is 0 Å². The SMILES string of the molecule is COc1ccc(NC(=O)c2cn[nH]c2S(=O)(=O)Nc2ccccc2)cc1Cl. The van der Waals surface area contributed by atoms with Crippen molar-refractivity contribution in [2.45, 2.75) is 5.03 Å². The lowest BCUT2D eigenvalue weighted by Gasteiger charge is -2.10. The number of benzene rings is 2. The molecular weight excluding hydrogens is 392 g/mol. The number of hydrogen-bond donors (Lipinski definition) is 3. The molecule has 1 amide bonds. The van der Waals surface area contributed by atoms with E-state index in [0.717, 1.165) is 6.20 Å². The van der Waals surface area contributed by atoms with Crippen LogP contribution in [0.25, 0.3) is 0 Å². The van der Waals surface area contributed by atoms with Gasteiger partial charge in [0.1, 0.15) is 5.75 Å². The number of carbonyl (C=O) groups is 1. The Bertz CT molecular complexity index is 1070. The minimum Gasteiger partial charge on any atom is -0.495 e. The van der Waals surface area contributed by atoms with Crippen LogP contribution in [0.15, 0.2) is 59.8 Å². The molecule has 3 aromatic rings. The molecule has 10 heteroatoms. The summed E-state index contributed by atoms with van der Waals surface area (Å²) in [5, 5.41) is 8.59. The van der Waals surface area contributed by atoms with Crippen LogP contribution in [0, 0.1) is 0 Å². The van der Waals surface area contributed by atoms with Crippen molar-refractivity contribution in [1.82, 2.24) is 10.2 Å². The first-order valence-electron chi connectivity index (χ1n) is 7.67. The molecule has 1 heterocycles. The third-order valence-corrected chi connectivity index (χ3v) is 5.20. The van der Waals surface area contributed by atoms with Gasteiger partial charge in [0.05, 0.1) is 23.9 Å². The van der Waals surface area contributed by atoms with Gasteiger partial charge in [-0.15, -0.1) is 0 Å². The van der Waals surface area contributed by atoms with Crippen molar-refractivity contribution < 1.29 is 17.9 Å². The Labute approximate surface area is 160 Å². The van der Waals surface area contributed by atoms with Crippen molar-refractivity contribution >= 4 is 38.9 Å². The molecule has 3 rings (SSSR count). The quantitative estimate of drug-likeness (QED) is 0.582. The van der Waals surface area contributed by atoms with Gasteiger partial charge in [0.25, 0.3) is 15.9 Å². The maximum atomic E-state index is 12.6. The summed E-state index contributed by atoms with van der Waals surface area (Å²) >= 11 is 6.03. The number of ether oxygens (including phenoxy) is 1. The number of nitrogens with one attached hydrogen (secondary N) is 3. The largest absolute Gasteiger partial charge is 0.495 e. The highest BCUT2D eigenvalue weighted by Gasteiger charge is 2.25. The Kier molecular flexibility index (Phi) is 5.33. The van der Waals surface area contributed by atoms with Crippen LogP contribution in [0.3, 0.4) is 0 Å². The van der Waals surface area contributed by atoms with Crippen molar-refractivity contribution in [2.24, 2.45) is 0 Å². The molecular formula is C17H15ClN4O4S. The van der Waals surface area contributed by atoms with Crippen LogP contribution in [-0.4, -0.2) is 31.6 Å². The third kappa shape index (κ3) is 4.21. The second-order valence-corrected chi connectivity index (χ2v) is 7.41. The Hall–Kier alpha value is -3.04. The molecule has 0 atom stereocenters. The third-order valence-electron chi connectivity index (χ3n) is 3.55. The fourth-order valence-electron chi connectivity index (χ4n) is 2.30. The standard InChI is InChI=1S/C17H15ClN4O4S/c1-26-15-8-7-12(9-14(15)18)20-16(23)13-10-19-21-17(13)27(24,25)22-11-5-3-2-4-6-11/h2-10,22H,1H3,(H,19,21)(H,20,23). The number of sulfonamides is 1. The summed E-state index contributed by atoms with van der Waals surface area (Å²) in [7, 11) is -2.56. The van der Waals surface area contributed by atoms with E-state index < -0.39 is 15.9 Å². The van der Waals surface area contributed by atoms with Crippen molar-refractivity contribution in [3.63, 3.8) is 0 Å². The number of amides is 1. The van der Waals surface area contributed by atoms with E-state index in [4.69, 9.17) is 16.3 Å². The van der Waals surface area contributed by atoms with E-state index in [1.165, 1.54) is 13.2 Å². The lowest BCUT2D eigenvalue weighted by Crippen LogP contribution is -2.19. The topological polar surface area (TPSA) is 113 Å². The summed E-state index contributed by atoms with van der Waals surface area (Å²) in [5.74, 6) is -0.202. The monoisotopic (exact) mass is 406 g/mol.